The van der Waals surface area contributed by atoms with Gasteiger partial charge in [-0.05, 0) is 75.9 Å². The Hall–Kier alpha value is -4.94. The maximum absolute atomic E-state index is 14.3. The van der Waals surface area contributed by atoms with Gasteiger partial charge in [0.15, 0.2) is 17.6 Å². The van der Waals surface area contributed by atoms with Gasteiger partial charge in [-0.25, -0.2) is 9.59 Å². The zero-order chi connectivity index (χ0) is 36.1. The van der Waals surface area contributed by atoms with Gasteiger partial charge in [-0.15, -0.1) is 0 Å². The highest BCUT2D eigenvalue weighted by atomic mass is 16.8. The predicted molar refractivity (Wildman–Crippen MR) is 182 cm³/mol. The molecule has 0 aromatic heterocycles. The van der Waals surface area contributed by atoms with Gasteiger partial charge in [-0.3, -0.25) is 9.59 Å². The van der Waals surface area contributed by atoms with Gasteiger partial charge in [0.2, 0.25) is 0 Å². The summed E-state index contributed by atoms with van der Waals surface area (Å²) in [6.45, 7) is 5.69. The minimum absolute atomic E-state index is 0.0704. The van der Waals surface area contributed by atoms with Crippen LogP contribution in [0.5, 0.6) is 17.2 Å². The Morgan fingerprint density at radius 3 is 2.06 bits per heavy atom. The van der Waals surface area contributed by atoms with Gasteiger partial charge in [-0.1, -0.05) is 54.6 Å². The molecule has 0 radical (unpaired) electrons. The van der Waals surface area contributed by atoms with Crippen molar-refractivity contribution in [3.63, 3.8) is 0 Å². The molecule has 1 heterocycles. The van der Waals surface area contributed by atoms with Crippen molar-refractivity contribution in [1.29, 1.82) is 0 Å². The van der Waals surface area contributed by atoms with Crippen LogP contribution in [0.15, 0.2) is 78.9 Å². The summed E-state index contributed by atoms with van der Waals surface area (Å²) < 4.78 is 38.5. The molecule has 268 valence electrons. The normalized spacial score (nSPS) is 16.1. The number of hydrogen-bond acceptors (Lipinski definition) is 11. The monoisotopic (exact) mass is 691 g/mol. The number of aryl methyl sites for hydroxylation is 1. The smallest absolute Gasteiger partial charge is 0.379 e. The number of para-hydroxylation sites is 1. The first-order valence-corrected chi connectivity index (χ1v) is 16.7. The number of esters is 3. The first-order valence-electron chi connectivity index (χ1n) is 16.7. The maximum Gasteiger partial charge on any atom is 0.379 e. The summed E-state index contributed by atoms with van der Waals surface area (Å²) >= 11 is 0. The fourth-order valence-corrected chi connectivity index (χ4v) is 5.77. The molecule has 0 bridgehead atoms. The molecule has 0 saturated carbocycles. The summed E-state index contributed by atoms with van der Waals surface area (Å²) in [7, 11) is 1.55. The molecule has 12 heteroatoms. The van der Waals surface area contributed by atoms with Gasteiger partial charge in [0.05, 0.1) is 33.5 Å². The lowest BCUT2D eigenvalue weighted by molar-refractivity contribution is -0.225. The Morgan fingerprint density at radius 2 is 1.46 bits per heavy atom. The summed E-state index contributed by atoms with van der Waals surface area (Å²) in [6.07, 6.45) is -0.219. The average Bonchev–Trinajstić information content (AvgIpc) is 3.59. The third-order valence-electron chi connectivity index (χ3n) is 8.25. The SMILES string of the molecule is CCOC(=O)CN(C(=O)[C@@H]1COC(C(=O)OCC)(C(=O)OCC)O1)[C@@H](C)[C@@H](CCc1ccccc1)c1ccc(Oc2ccccc2)c(OC)c1. The Balaban J connectivity index is 1.71. The van der Waals surface area contributed by atoms with Crippen LogP contribution in [-0.4, -0.2) is 86.7 Å². The number of carbonyl (C=O) groups excluding carboxylic acids is 4. The highest BCUT2D eigenvalue weighted by Gasteiger charge is 2.60. The Bertz CT molecular complexity index is 1560. The van der Waals surface area contributed by atoms with Crippen molar-refractivity contribution in [1.82, 2.24) is 4.90 Å². The van der Waals surface area contributed by atoms with Crippen LogP contribution < -0.4 is 9.47 Å². The van der Waals surface area contributed by atoms with Crippen LogP contribution >= 0.6 is 0 Å². The van der Waals surface area contributed by atoms with Crippen molar-refractivity contribution >= 4 is 23.8 Å². The van der Waals surface area contributed by atoms with Crippen molar-refractivity contribution in [2.45, 2.75) is 64.4 Å². The van der Waals surface area contributed by atoms with Crippen molar-refractivity contribution in [2.75, 3.05) is 40.1 Å². The van der Waals surface area contributed by atoms with E-state index in [1.807, 2.05) is 85.8 Å². The number of carbonyl (C=O) groups is 4. The van der Waals surface area contributed by atoms with Crippen LogP contribution in [0, 0.1) is 0 Å². The van der Waals surface area contributed by atoms with Crippen LogP contribution in [-0.2, 0) is 49.3 Å². The van der Waals surface area contributed by atoms with Gasteiger partial charge in [0, 0.05) is 12.0 Å². The number of rotatable bonds is 17. The lowest BCUT2D eigenvalue weighted by Crippen LogP contribution is -2.53. The van der Waals surface area contributed by atoms with Crippen molar-refractivity contribution in [3.05, 3.63) is 90.0 Å². The largest absolute Gasteiger partial charge is 0.493 e. The highest BCUT2D eigenvalue weighted by Crippen LogP contribution is 2.38. The van der Waals surface area contributed by atoms with E-state index >= 15 is 0 Å². The second-order valence-electron chi connectivity index (χ2n) is 11.4. The van der Waals surface area contributed by atoms with E-state index < -0.39 is 54.9 Å². The van der Waals surface area contributed by atoms with Crippen LogP contribution in [0.1, 0.15) is 51.2 Å². The molecule has 1 aliphatic rings. The molecule has 0 aliphatic carbocycles. The molecule has 1 aliphatic heterocycles. The molecule has 0 N–H and O–H groups in total. The van der Waals surface area contributed by atoms with E-state index in [0.717, 1.165) is 11.1 Å². The number of methoxy groups -OCH3 is 1. The van der Waals surface area contributed by atoms with Gasteiger partial charge in [0.1, 0.15) is 12.3 Å². The molecular weight excluding hydrogens is 646 g/mol. The molecule has 1 amide bonds. The number of amides is 1. The zero-order valence-electron chi connectivity index (χ0n) is 29.1. The van der Waals surface area contributed by atoms with E-state index in [-0.39, 0.29) is 25.7 Å². The minimum atomic E-state index is -2.58. The second-order valence-corrected chi connectivity index (χ2v) is 11.4. The molecular formula is C38H45NO11. The van der Waals surface area contributed by atoms with E-state index in [4.69, 9.17) is 33.2 Å². The van der Waals surface area contributed by atoms with E-state index in [1.165, 1.54) is 4.90 Å². The number of nitrogens with zero attached hydrogens (tertiary/aromatic N) is 1. The number of benzene rings is 3. The predicted octanol–water partition coefficient (Wildman–Crippen LogP) is 5.22. The lowest BCUT2D eigenvalue weighted by Gasteiger charge is -2.36. The van der Waals surface area contributed by atoms with Crippen molar-refractivity contribution < 1.29 is 52.3 Å². The second kappa shape index (κ2) is 18.2. The summed E-state index contributed by atoms with van der Waals surface area (Å²) in [4.78, 5) is 54.5. The molecule has 1 fully saturated rings. The Kier molecular flexibility index (Phi) is 13.8. The van der Waals surface area contributed by atoms with E-state index in [9.17, 15) is 19.2 Å². The highest BCUT2D eigenvalue weighted by molar-refractivity contribution is 6.03. The lowest BCUT2D eigenvalue weighted by atomic mass is 9.85. The summed E-state index contributed by atoms with van der Waals surface area (Å²) in [5.74, 6) is -4.90. The molecule has 0 unspecified atom stereocenters. The minimum Gasteiger partial charge on any atom is -0.493 e. The first-order chi connectivity index (χ1) is 24.2. The third kappa shape index (κ3) is 9.19. The van der Waals surface area contributed by atoms with Crippen molar-refractivity contribution in [2.24, 2.45) is 0 Å². The number of ether oxygens (including phenoxy) is 7. The van der Waals surface area contributed by atoms with Gasteiger partial charge >= 0.3 is 23.7 Å². The molecule has 3 aromatic carbocycles. The Labute approximate surface area is 292 Å². The average molecular weight is 692 g/mol. The van der Waals surface area contributed by atoms with Crippen LogP contribution in [0.25, 0.3) is 0 Å². The first kappa shape index (κ1) is 37.9. The third-order valence-corrected chi connectivity index (χ3v) is 8.25. The summed E-state index contributed by atoms with van der Waals surface area (Å²) in [5, 5.41) is 0. The summed E-state index contributed by atoms with van der Waals surface area (Å²) in [5.41, 5.74) is 1.91. The molecule has 0 spiro atoms. The van der Waals surface area contributed by atoms with Gasteiger partial charge < -0.3 is 38.1 Å². The topological polar surface area (TPSA) is 136 Å². The Morgan fingerprint density at radius 1 is 0.840 bits per heavy atom. The van der Waals surface area contributed by atoms with Crippen LogP contribution in [0.3, 0.4) is 0 Å². The molecule has 50 heavy (non-hydrogen) atoms. The van der Waals surface area contributed by atoms with Gasteiger partial charge in [-0.2, -0.15) is 0 Å². The standard InChI is InChI=1S/C38H45NO11/c1-6-45-34(40)24-39(35(41)33-25-48-38(50-33,36(42)46-7-2)37(43)47-8-3)26(4)30(21-19-27-15-11-9-12-16-27)28-20-22-31(32(23-28)44-5)49-29-17-13-10-14-18-29/h9-18,20,22-23,26,30,33H,6-8,19,21,24-25H2,1-5H3/t26-,30+,33-/m0/s1. The zero-order valence-corrected chi connectivity index (χ0v) is 29.1. The summed E-state index contributed by atoms with van der Waals surface area (Å²) in [6, 6.07) is 24.2. The fourth-order valence-electron chi connectivity index (χ4n) is 5.77. The molecule has 4 rings (SSSR count). The van der Waals surface area contributed by atoms with Crippen molar-refractivity contribution in [3.8, 4) is 17.2 Å². The maximum atomic E-state index is 14.3. The molecule has 3 aromatic rings. The van der Waals surface area contributed by atoms with E-state index in [0.29, 0.717) is 30.1 Å². The quantitative estimate of drug-likeness (QED) is 0.105. The van der Waals surface area contributed by atoms with E-state index in [2.05, 4.69) is 0 Å². The van der Waals surface area contributed by atoms with E-state index in [1.54, 1.807) is 27.9 Å². The van der Waals surface area contributed by atoms with Crippen LogP contribution in [0.4, 0.5) is 0 Å². The molecule has 3 atom stereocenters. The molecule has 1 saturated heterocycles. The fraction of sp³-hybridized carbons (Fsp3) is 0.421. The molecule has 12 nitrogen and oxygen atoms in total. The van der Waals surface area contributed by atoms with Gasteiger partial charge in [0.25, 0.3) is 5.91 Å². The van der Waals surface area contributed by atoms with Crippen LogP contribution in [0.2, 0.25) is 0 Å². The number of hydrogen-bond donors (Lipinski definition) is 0.